The van der Waals surface area contributed by atoms with Gasteiger partial charge in [-0.3, -0.25) is 0 Å². The fourth-order valence-electron chi connectivity index (χ4n) is 2.00. The molecule has 0 fully saturated rings. The number of hydrogen-bond acceptors (Lipinski definition) is 0. The van der Waals surface area contributed by atoms with E-state index in [1.54, 1.807) is 22.2 Å². The summed E-state index contributed by atoms with van der Waals surface area (Å²) in [6, 6.07) is 0. The van der Waals surface area contributed by atoms with Crippen LogP contribution in [0.3, 0.4) is 0 Å². The van der Waals surface area contributed by atoms with Gasteiger partial charge < -0.3 is 0 Å². The van der Waals surface area contributed by atoms with Gasteiger partial charge in [0.2, 0.25) is 0 Å². The maximum Gasteiger partial charge on any atom is 0.130 e. The minimum atomic E-state index is 0.899. The molecule has 0 heterocycles. The molecule has 76 valence electrons. The van der Waals surface area contributed by atoms with Crippen LogP contribution in [0.4, 0.5) is 0 Å². The Labute approximate surface area is 91.2 Å². The van der Waals surface area contributed by atoms with Crippen LogP contribution in [0.25, 0.3) is 0 Å². The van der Waals surface area contributed by atoms with Gasteiger partial charge in [-0.1, -0.05) is 23.8 Å². The fraction of sp³-hybridized carbons (Fsp3) is 0.538. The molecule has 2 rings (SSSR count). The van der Waals surface area contributed by atoms with E-state index in [1.807, 2.05) is 0 Å². The zero-order valence-corrected chi connectivity index (χ0v) is 9.76. The third-order valence-corrected chi connectivity index (χ3v) is 4.49. The van der Waals surface area contributed by atoms with Crippen molar-refractivity contribution in [1.29, 1.82) is 0 Å². The summed E-state index contributed by atoms with van der Waals surface area (Å²) in [5.41, 5.74) is 1.59. The molecular formula is C13H19S+. The van der Waals surface area contributed by atoms with Crippen molar-refractivity contribution in [2.45, 2.75) is 44.3 Å². The molecule has 0 radical (unpaired) electrons. The van der Waals surface area contributed by atoms with Crippen LogP contribution in [0, 0.1) is 0 Å². The van der Waals surface area contributed by atoms with Gasteiger partial charge in [-0.15, -0.1) is 0 Å². The predicted molar refractivity (Wildman–Crippen MR) is 66.6 cm³/mol. The van der Waals surface area contributed by atoms with E-state index >= 15 is 0 Å². The van der Waals surface area contributed by atoms with E-state index in [0.717, 1.165) is 5.25 Å². The summed E-state index contributed by atoms with van der Waals surface area (Å²) in [5, 5.41) is 0.899. The zero-order chi connectivity index (χ0) is 9.80. The van der Waals surface area contributed by atoms with Crippen LogP contribution < -0.4 is 0 Å². The number of thiol groups is 1. The molecule has 0 bridgehead atoms. The topological polar surface area (TPSA) is 0 Å². The van der Waals surface area contributed by atoms with E-state index in [2.05, 4.69) is 31.2 Å². The van der Waals surface area contributed by atoms with Crippen LogP contribution in [-0.4, -0.2) is 5.25 Å². The Kier molecular flexibility index (Phi) is 3.52. The maximum atomic E-state index is 2.43. The molecule has 0 aromatic carbocycles. The van der Waals surface area contributed by atoms with E-state index < -0.39 is 0 Å². The molecule has 0 amide bonds. The Bertz CT molecular complexity index is 284. The highest BCUT2D eigenvalue weighted by molar-refractivity contribution is 7.83. The maximum absolute atomic E-state index is 2.43. The summed E-state index contributed by atoms with van der Waals surface area (Å²) in [4.78, 5) is 1.64. The smallest absolute Gasteiger partial charge is 0.0839 e. The molecule has 0 saturated carbocycles. The lowest BCUT2D eigenvalue weighted by atomic mass is 10.0. The van der Waals surface area contributed by atoms with Crippen molar-refractivity contribution >= 4 is 11.8 Å². The monoisotopic (exact) mass is 207 g/mol. The summed E-state index contributed by atoms with van der Waals surface area (Å²) in [6.45, 7) is 2.26. The molecule has 0 saturated heterocycles. The zero-order valence-electron chi connectivity index (χ0n) is 8.87. The Hall–Kier alpha value is -0.430. The van der Waals surface area contributed by atoms with E-state index in [1.165, 1.54) is 32.1 Å². The van der Waals surface area contributed by atoms with Crippen molar-refractivity contribution in [3.05, 3.63) is 34.8 Å². The molecular weight excluding hydrogens is 188 g/mol. The minimum absolute atomic E-state index is 0.899. The van der Waals surface area contributed by atoms with Gasteiger partial charge in [0.15, 0.2) is 0 Å². The van der Waals surface area contributed by atoms with E-state index in [-0.39, 0.29) is 0 Å². The van der Waals surface area contributed by atoms with E-state index in [9.17, 15) is 0 Å². The molecule has 0 nitrogen and oxygen atoms in total. The molecule has 0 spiro atoms. The highest BCUT2D eigenvalue weighted by Crippen LogP contribution is 2.25. The van der Waals surface area contributed by atoms with Crippen LogP contribution in [0.1, 0.15) is 39.0 Å². The van der Waals surface area contributed by atoms with Crippen LogP contribution in [0.2, 0.25) is 0 Å². The molecule has 0 aliphatic heterocycles. The summed E-state index contributed by atoms with van der Waals surface area (Å²) >= 11 is 1.60. The van der Waals surface area contributed by atoms with Gasteiger partial charge in [0, 0.05) is 24.6 Å². The lowest BCUT2D eigenvalue weighted by molar-refractivity contribution is 0.717. The van der Waals surface area contributed by atoms with Gasteiger partial charge in [0.25, 0.3) is 0 Å². The SMILES string of the molecule is CC1=CCC([SH+]C2=CC=CCC2)CC1. The second kappa shape index (κ2) is 4.88. The van der Waals surface area contributed by atoms with Crippen molar-refractivity contribution in [2.24, 2.45) is 0 Å². The molecule has 1 heteroatoms. The third kappa shape index (κ3) is 2.78. The first-order valence-electron chi connectivity index (χ1n) is 5.57. The van der Waals surface area contributed by atoms with Crippen molar-refractivity contribution in [3.63, 3.8) is 0 Å². The Morgan fingerprint density at radius 2 is 2.29 bits per heavy atom. The summed E-state index contributed by atoms with van der Waals surface area (Å²) in [6.07, 6.45) is 15.8. The van der Waals surface area contributed by atoms with Gasteiger partial charge >= 0.3 is 0 Å². The largest absolute Gasteiger partial charge is 0.130 e. The van der Waals surface area contributed by atoms with Crippen molar-refractivity contribution in [2.75, 3.05) is 0 Å². The Balaban J connectivity index is 1.86. The van der Waals surface area contributed by atoms with Crippen LogP contribution >= 0.6 is 0 Å². The summed E-state index contributed by atoms with van der Waals surface area (Å²) in [5.74, 6) is 0. The normalized spacial score (nSPS) is 27.1. The summed E-state index contributed by atoms with van der Waals surface area (Å²) in [7, 11) is 0. The van der Waals surface area contributed by atoms with Gasteiger partial charge in [-0.25, -0.2) is 0 Å². The molecule has 0 aromatic rings. The van der Waals surface area contributed by atoms with Crippen molar-refractivity contribution in [3.8, 4) is 0 Å². The van der Waals surface area contributed by atoms with Crippen LogP contribution in [0.5, 0.6) is 0 Å². The van der Waals surface area contributed by atoms with Crippen LogP contribution in [0.15, 0.2) is 34.8 Å². The van der Waals surface area contributed by atoms with Crippen LogP contribution in [-0.2, 0) is 11.8 Å². The third-order valence-electron chi connectivity index (χ3n) is 2.95. The number of hydrogen-bond donors (Lipinski definition) is 0. The predicted octanol–water partition coefficient (Wildman–Crippen LogP) is 3.53. The van der Waals surface area contributed by atoms with Gasteiger partial charge in [-0.05, 0) is 32.3 Å². The second-order valence-electron chi connectivity index (χ2n) is 4.23. The molecule has 0 aromatic heterocycles. The standard InChI is InChI=1S/C13H18S/c1-11-7-9-13(10-8-11)14-12-5-3-2-4-6-12/h2-3,5,7,13H,4,6,8-10H2,1H3/p+1. The number of allylic oxidation sites excluding steroid dienone is 6. The molecule has 1 unspecified atom stereocenters. The lowest BCUT2D eigenvalue weighted by Gasteiger charge is -2.15. The van der Waals surface area contributed by atoms with Gasteiger partial charge in [-0.2, -0.15) is 0 Å². The van der Waals surface area contributed by atoms with Gasteiger partial charge in [0.05, 0.1) is 0 Å². The number of rotatable bonds is 2. The van der Waals surface area contributed by atoms with Crippen molar-refractivity contribution in [1.82, 2.24) is 0 Å². The highest BCUT2D eigenvalue weighted by Gasteiger charge is 2.22. The first-order chi connectivity index (χ1) is 6.84. The molecule has 14 heavy (non-hydrogen) atoms. The second-order valence-corrected chi connectivity index (χ2v) is 5.80. The van der Waals surface area contributed by atoms with Crippen molar-refractivity contribution < 1.29 is 0 Å². The molecule has 1 atom stereocenters. The summed E-state index contributed by atoms with van der Waals surface area (Å²) < 4.78 is 0. The Morgan fingerprint density at radius 1 is 1.36 bits per heavy atom. The minimum Gasteiger partial charge on any atom is -0.0839 e. The van der Waals surface area contributed by atoms with E-state index in [0.29, 0.717) is 0 Å². The Morgan fingerprint density at radius 3 is 2.93 bits per heavy atom. The molecule has 2 aliphatic rings. The first-order valence-corrected chi connectivity index (χ1v) is 6.53. The molecule has 0 N–H and O–H groups in total. The first kappa shape index (κ1) is 10.1. The highest BCUT2D eigenvalue weighted by atomic mass is 32.2. The fourth-order valence-corrected chi connectivity index (χ4v) is 3.37. The lowest BCUT2D eigenvalue weighted by Crippen LogP contribution is -2.14. The average molecular weight is 207 g/mol. The quantitative estimate of drug-likeness (QED) is 0.369. The average Bonchev–Trinajstić information content (AvgIpc) is 2.23. The molecule has 2 aliphatic carbocycles. The van der Waals surface area contributed by atoms with Gasteiger partial charge in [0.1, 0.15) is 10.2 Å². The van der Waals surface area contributed by atoms with E-state index in [4.69, 9.17) is 0 Å².